The Hall–Kier alpha value is -3.23. The van der Waals surface area contributed by atoms with Gasteiger partial charge >= 0.3 is 6.18 Å². The Morgan fingerprint density at radius 3 is 2.55 bits per heavy atom. The molecule has 1 saturated heterocycles. The summed E-state index contributed by atoms with van der Waals surface area (Å²) in [5.41, 5.74) is 1.00. The molecule has 2 aromatic carbocycles. The average Bonchev–Trinajstić information content (AvgIpc) is 3.02. The summed E-state index contributed by atoms with van der Waals surface area (Å²) in [7, 11) is 1.66. The number of hydrogen-bond donors (Lipinski definition) is 2. The van der Waals surface area contributed by atoms with Gasteiger partial charge in [0, 0.05) is 26.6 Å². The number of nitrogens with zero attached hydrogens (tertiary/aromatic N) is 1. The summed E-state index contributed by atoms with van der Waals surface area (Å²) < 4.78 is 44.5. The van der Waals surface area contributed by atoms with E-state index in [2.05, 4.69) is 10.6 Å². The maximum Gasteiger partial charge on any atom is 0.416 e. The third kappa shape index (κ3) is 3.85. The number of carbonyl (C=O) groups excluding carboxylic acids is 2. The molecule has 152 valence electrons. The van der Waals surface area contributed by atoms with Gasteiger partial charge < -0.3 is 20.3 Å². The van der Waals surface area contributed by atoms with Crippen molar-refractivity contribution in [1.82, 2.24) is 10.2 Å². The largest absolute Gasteiger partial charge is 0.453 e. The van der Waals surface area contributed by atoms with E-state index in [9.17, 15) is 22.8 Å². The Bertz CT molecular complexity index is 991. The van der Waals surface area contributed by atoms with E-state index in [-0.39, 0.29) is 36.4 Å². The first-order chi connectivity index (χ1) is 13.7. The molecule has 0 spiro atoms. The molecule has 2 aliphatic heterocycles. The Labute approximate surface area is 164 Å². The summed E-state index contributed by atoms with van der Waals surface area (Å²) in [6, 6.07) is 8.47. The molecule has 9 heteroatoms. The number of halogens is 3. The third-order valence-electron chi connectivity index (χ3n) is 5.02. The number of fused-ring (bicyclic) bond motifs is 2. The van der Waals surface area contributed by atoms with Crippen LogP contribution in [0.2, 0.25) is 0 Å². The van der Waals surface area contributed by atoms with E-state index >= 15 is 0 Å². The first-order valence-electron chi connectivity index (χ1n) is 9.01. The molecule has 2 aromatic rings. The lowest BCUT2D eigenvalue weighted by molar-refractivity contribution is -0.137. The summed E-state index contributed by atoms with van der Waals surface area (Å²) in [6.45, 7) is 0.611. The fourth-order valence-corrected chi connectivity index (χ4v) is 3.39. The summed E-state index contributed by atoms with van der Waals surface area (Å²) >= 11 is 0. The van der Waals surface area contributed by atoms with E-state index in [1.54, 1.807) is 25.2 Å². The molecule has 6 nitrogen and oxygen atoms in total. The lowest BCUT2D eigenvalue weighted by Gasteiger charge is -2.23. The molecule has 2 heterocycles. The van der Waals surface area contributed by atoms with Crippen LogP contribution in [0, 0.1) is 5.92 Å². The normalized spacial score (nSPS) is 17.9. The zero-order valence-electron chi connectivity index (χ0n) is 15.5. The van der Waals surface area contributed by atoms with Crippen molar-refractivity contribution in [2.24, 2.45) is 5.92 Å². The smallest absolute Gasteiger partial charge is 0.416 e. The first kappa shape index (κ1) is 19.1. The Morgan fingerprint density at radius 1 is 1.21 bits per heavy atom. The van der Waals surface area contributed by atoms with Crippen LogP contribution in [-0.2, 0) is 22.3 Å². The van der Waals surface area contributed by atoms with Crippen molar-refractivity contribution < 1.29 is 27.5 Å². The van der Waals surface area contributed by atoms with Crippen LogP contribution in [0.15, 0.2) is 36.4 Å². The maximum absolute atomic E-state index is 12.9. The monoisotopic (exact) mass is 405 g/mol. The van der Waals surface area contributed by atoms with Crippen LogP contribution in [0.1, 0.15) is 17.5 Å². The number of benzene rings is 2. The van der Waals surface area contributed by atoms with Crippen LogP contribution in [0.5, 0.6) is 11.5 Å². The number of rotatable bonds is 3. The molecule has 2 amide bonds. The first-order valence-corrected chi connectivity index (χ1v) is 9.01. The maximum atomic E-state index is 12.9. The van der Waals surface area contributed by atoms with Crippen LogP contribution in [0.4, 0.5) is 24.5 Å². The minimum atomic E-state index is -4.46. The number of nitrogens with one attached hydrogen (secondary N) is 2. The Kier molecular flexibility index (Phi) is 4.60. The van der Waals surface area contributed by atoms with E-state index in [0.29, 0.717) is 23.7 Å². The molecule has 2 N–H and O–H groups in total. The highest BCUT2D eigenvalue weighted by atomic mass is 19.4. The predicted molar refractivity (Wildman–Crippen MR) is 98.8 cm³/mol. The molecule has 0 radical (unpaired) electrons. The van der Waals surface area contributed by atoms with Gasteiger partial charge in [-0.1, -0.05) is 6.07 Å². The highest BCUT2D eigenvalue weighted by molar-refractivity contribution is 5.89. The van der Waals surface area contributed by atoms with Crippen molar-refractivity contribution >= 4 is 23.2 Å². The SMILES string of the molecule is CN1CC(C(=O)NCc2ccc3c(c2)Oc2cc(C(F)(F)F)ccc2N3)CC1=O. The summed E-state index contributed by atoms with van der Waals surface area (Å²) in [4.78, 5) is 25.3. The Balaban J connectivity index is 1.45. The van der Waals surface area contributed by atoms with Crippen molar-refractivity contribution in [3.8, 4) is 11.5 Å². The topological polar surface area (TPSA) is 70.7 Å². The number of likely N-dealkylation sites (tertiary alicyclic amines) is 1. The second kappa shape index (κ2) is 6.98. The quantitative estimate of drug-likeness (QED) is 0.698. The van der Waals surface area contributed by atoms with E-state index in [4.69, 9.17) is 4.74 Å². The number of ether oxygens (including phenoxy) is 1. The van der Waals surface area contributed by atoms with Gasteiger partial charge in [0.15, 0.2) is 11.5 Å². The number of carbonyl (C=O) groups is 2. The molecule has 2 aliphatic rings. The summed E-state index contributed by atoms with van der Waals surface area (Å²) in [6.07, 6.45) is -4.27. The molecule has 1 unspecified atom stereocenters. The standard InChI is InChI=1S/C20H18F3N3O3/c1-26-10-12(7-18(26)27)19(28)24-9-11-2-4-14-16(6-11)29-17-8-13(20(21,22)23)3-5-15(17)25-14/h2-6,8,12,25H,7,9-10H2,1H3,(H,24,28). The zero-order chi connectivity index (χ0) is 20.8. The van der Waals surface area contributed by atoms with Crippen LogP contribution in [-0.4, -0.2) is 30.3 Å². The molecule has 29 heavy (non-hydrogen) atoms. The summed E-state index contributed by atoms with van der Waals surface area (Å²) in [5, 5.41) is 5.84. The second-order valence-corrected chi connectivity index (χ2v) is 7.16. The number of hydrogen-bond acceptors (Lipinski definition) is 4. The molecule has 0 bridgehead atoms. The summed E-state index contributed by atoms with van der Waals surface area (Å²) in [5.74, 6) is -0.189. The molecule has 0 saturated carbocycles. The van der Waals surface area contributed by atoms with Crippen molar-refractivity contribution in [3.05, 3.63) is 47.5 Å². The molecule has 1 atom stereocenters. The number of alkyl halides is 3. The minimum absolute atomic E-state index is 0.0599. The molecule has 4 rings (SSSR count). The van der Waals surface area contributed by atoms with E-state index in [0.717, 1.165) is 17.7 Å². The van der Waals surface area contributed by atoms with E-state index < -0.39 is 11.7 Å². The van der Waals surface area contributed by atoms with Gasteiger partial charge in [0.05, 0.1) is 22.9 Å². The molecule has 0 aromatic heterocycles. The van der Waals surface area contributed by atoms with Gasteiger partial charge in [0.25, 0.3) is 0 Å². The minimum Gasteiger partial charge on any atom is -0.453 e. The second-order valence-electron chi connectivity index (χ2n) is 7.16. The van der Waals surface area contributed by atoms with Gasteiger partial charge in [0.1, 0.15) is 0 Å². The lowest BCUT2D eigenvalue weighted by atomic mass is 10.1. The van der Waals surface area contributed by atoms with Crippen molar-refractivity contribution in [2.45, 2.75) is 19.1 Å². The van der Waals surface area contributed by atoms with Gasteiger partial charge in [-0.2, -0.15) is 13.2 Å². The average molecular weight is 405 g/mol. The fourth-order valence-electron chi connectivity index (χ4n) is 3.39. The highest BCUT2D eigenvalue weighted by Gasteiger charge is 2.33. The predicted octanol–water partition coefficient (Wildman–Crippen LogP) is 3.65. The van der Waals surface area contributed by atoms with E-state index in [1.807, 2.05) is 0 Å². The fraction of sp³-hybridized carbons (Fsp3) is 0.300. The number of amides is 2. The molecular weight excluding hydrogens is 387 g/mol. The van der Waals surface area contributed by atoms with Gasteiger partial charge in [-0.05, 0) is 35.9 Å². The van der Waals surface area contributed by atoms with Crippen molar-refractivity contribution in [2.75, 3.05) is 18.9 Å². The zero-order valence-corrected chi connectivity index (χ0v) is 15.5. The van der Waals surface area contributed by atoms with Gasteiger partial charge in [0.2, 0.25) is 11.8 Å². The van der Waals surface area contributed by atoms with Crippen molar-refractivity contribution in [1.29, 1.82) is 0 Å². The highest BCUT2D eigenvalue weighted by Crippen LogP contribution is 2.44. The van der Waals surface area contributed by atoms with Gasteiger partial charge in [-0.3, -0.25) is 9.59 Å². The van der Waals surface area contributed by atoms with Gasteiger partial charge in [-0.25, -0.2) is 0 Å². The molecule has 0 aliphatic carbocycles. The van der Waals surface area contributed by atoms with Gasteiger partial charge in [-0.15, -0.1) is 0 Å². The number of anilines is 2. The third-order valence-corrected chi connectivity index (χ3v) is 5.02. The van der Waals surface area contributed by atoms with E-state index in [1.165, 1.54) is 11.0 Å². The lowest BCUT2D eigenvalue weighted by Crippen LogP contribution is -2.31. The van der Waals surface area contributed by atoms with Crippen LogP contribution >= 0.6 is 0 Å². The van der Waals surface area contributed by atoms with Crippen LogP contribution in [0.3, 0.4) is 0 Å². The molecular formula is C20H18F3N3O3. The van der Waals surface area contributed by atoms with Crippen LogP contribution in [0.25, 0.3) is 0 Å². The Morgan fingerprint density at radius 2 is 1.90 bits per heavy atom. The van der Waals surface area contributed by atoms with Crippen LogP contribution < -0.4 is 15.4 Å². The van der Waals surface area contributed by atoms with Crippen molar-refractivity contribution in [3.63, 3.8) is 0 Å². The molecule has 1 fully saturated rings.